The average Bonchev–Trinajstić information content (AvgIpc) is 3.33. The zero-order chi connectivity index (χ0) is 21.2. The van der Waals surface area contributed by atoms with Crippen LogP contribution in [-0.4, -0.2) is 75.7 Å². The van der Waals surface area contributed by atoms with E-state index in [4.69, 9.17) is 4.74 Å². The Hall–Kier alpha value is -1.79. The topological polar surface area (TPSA) is 52.1 Å². The predicted octanol–water partition coefficient (Wildman–Crippen LogP) is 3.12. The molecule has 2 N–H and O–H groups in total. The highest BCUT2D eigenvalue weighted by atomic mass is 16.5. The highest BCUT2D eigenvalue weighted by Gasteiger charge is 2.24. The summed E-state index contributed by atoms with van der Waals surface area (Å²) in [6.45, 7) is 10.1. The summed E-state index contributed by atoms with van der Waals surface area (Å²) >= 11 is 0. The summed E-state index contributed by atoms with van der Waals surface area (Å²) in [6.07, 6.45) is 6.45. The number of likely N-dealkylation sites (tertiary alicyclic amines) is 2. The summed E-state index contributed by atoms with van der Waals surface area (Å²) in [5.41, 5.74) is 1.31. The number of piperidine rings is 1. The fraction of sp³-hybridized carbons (Fsp3) is 0.708. The highest BCUT2D eigenvalue weighted by Crippen LogP contribution is 2.27. The molecule has 0 aromatic heterocycles. The minimum Gasteiger partial charge on any atom is -0.497 e. The van der Waals surface area contributed by atoms with Gasteiger partial charge in [0, 0.05) is 20.1 Å². The molecule has 2 saturated heterocycles. The van der Waals surface area contributed by atoms with Crippen LogP contribution in [0.2, 0.25) is 0 Å². The molecule has 2 aliphatic rings. The van der Waals surface area contributed by atoms with E-state index >= 15 is 0 Å². The molecule has 1 unspecified atom stereocenters. The number of nitrogens with zero attached hydrogens (tertiary/aromatic N) is 3. The third kappa shape index (κ3) is 6.61. The number of nitrogens with one attached hydrogen (secondary N) is 2. The molecule has 0 bridgehead atoms. The van der Waals surface area contributed by atoms with Gasteiger partial charge in [0.25, 0.3) is 0 Å². The molecule has 0 saturated carbocycles. The first-order chi connectivity index (χ1) is 14.7. The van der Waals surface area contributed by atoms with Gasteiger partial charge in [0.2, 0.25) is 0 Å². The quantitative estimate of drug-likeness (QED) is 0.479. The molecule has 1 aromatic rings. The van der Waals surface area contributed by atoms with Crippen LogP contribution in [-0.2, 0) is 0 Å². The van der Waals surface area contributed by atoms with Gasteiger partial charge in [-0.2, -0.15) is 0 Å². The Kier molecular flexibility index (Phi) is 9.27. The van der Waals surface area contributed by atoms with Gasteiger partial charge in [-0.3, -0.25) is 9.89 Å². The van der Waals surface area contributed by atoms with E-state index in [2.05, 4.69) is 50.5 Å². The van der Waals surface area contributed by atoms with E-state index in [0.29, 0.717) is 6.04 Å². The molecular weight excluding hydrogens is 374 g/mol. The molecule has 6 heteroatoms. The van der Waals surface area contributed by atoms with Crippen LogP contribution < -0.4 is 15.4 Å². The standard InChI is InChI=1S/C24H41N5O/c1-4-28-16-11-20(12-17-28)10-13-26-24(25-2)27-19-23(29-14-5-6-15-29)21-8-7-9-22(18-21)30-3/h7-9,18,20,23H,4-6,10-17,19H2,1-3H3,(H2,25,26,27). The lowest BCUT2D eigenvalue weighted by molar-refractivity contribution is 0.187. The number of methoxy groups -OCH3 is 1. The van der Waals surface area contributed by atoms with Gasteiger partial charge in [-0.05, 0) is 88.4 Å². The SMILES string of the molecule is CCN1CCC(CCNC(=NC)NCC(c2cccc(OC)c2)N2CCCC2)CC1. The van der Waals surface area contributed by atoms with Crippen LogP contribution in [0.4, 0.5) is 0 Å². The summed E-state index contributed by atoms with van der Waals surface area (Å²) in [7, 11) is 3.60. The van der Waals surface area contributed by atoms with Crippen molar-refractivity contribution in [3.8, 4) is 5.75 Å². The largest absolute Gasteiger partial charge is 0.497 e. The van der Waals surface area contributed by atoms with E-state index in [1.807, 2.05) is 13.1 Å². The molecule has 0 aliphatic carbocycles. The van der Waals surface area contributed by atoms with Gasteiger partial charge in [0.05, 0.1) is 13.2 Å². The molecule has 30 heavy (non-hydrogen) atoms. The highest BCUT2D eigenvalue weighted by molar-refractivity contribution is 5.79. The van der Waals surface area contributed by atoms with Crippen LogP contribution >= 0.6 is 0 Å². The molecule has 0 spiro atoms. The zero-order valence-electron chi connectivity index (χ0n) is 19.2. The molecule has 2 heterocycles. The fourth-order valence-corrected chi connectivity index (χ4v) is 4.76. The molecular formula is C24H41N5O. The van der Waals surface area contributed by atoms with Gasteiger partial charge in [-0.15, -0.1) is 0 Å². The average molecular weight is 416 g/mol. The van der Waals surface area contributed by atoms with Crippen molar-refractivity contribution in [2.45, 2.75) is 45.1 Å². The first-order valence-corrected chi connectivity index (χ1v) is 11.8. The van der Waals surface area contributed by atoms with Crippen LogP contribution in [0, 0.1) is 5.92 Å². The van der Waals surface area contributed by atoms with E-state index in [1.165, 1.54) is 57.3 Å². The Morgan fingerprint density at radius 2 is 1.93 bits per heavy atom. The predicted molar refractivity (Wildman–Crippen MR) is 125 cm³/mol. The Morgan fingerprint density at radius 1 is 1.17 bits per heavy atom. The molecule has 2 aliphatic heterocycles. The first-order valence-electron chi connectivity index (χ1n) is 11.8. The minimum absolute atomic E-state index is 0.333. The third-order valence-corrected chi connectivity index (χ3v) is 6.75. The maximum Gasteiger partial charge on any atom is 0.191 e. The third-order valence-electron chi connectivity index (χ3n) is 6.75. The lowest BCUT2D eigenvalue weighted by atomic mass is 9.93. The smallest absolute Gasteiger partial charge is 0.191 e. The van der Waals surface area contributed by atoms with Crippen LogP contribution in [0.5, 0.6) is 5.75 Å². The normalized spacial score (nSPS) is 20.3. The Morgan fingerprint density at radius 3 is 2.60 bits per heavy atom. The van der Waals surface area contributed by atoms with Crippen molar-refractivity contribution in [2.24, 2.45) is 10.9 Å². The second-order valence-electron chi connectivity index (χ2n) is 8.58. The first kappa shape index (κ1) is 22.9. The number of benzene rings is 1. The van der Waals surface area contributed by atoms with Crippen molar-refractivity contribution in [2.75, 3.05) is 60.0 Å². The molecule has 1 atom stereocenters. The number of hydrogen-bond acceptors (Lipinski definition) is 4. The number of guanidine groups is 1. The zero-order valence-corrected chi connectivity index (χ0v) is 19.2. The van der Waals surface area contributed by atoms with Gasteiger partial charge in [-0.25, -0.2) is 0 Å². The Balaban J connectivity index is 1.49. The van der Waals surface area contributed by atoms with Gasteiger partial charge in [0.1, 0.15) is 5.75 Å². The maximum absolute atomic E-state index is 5.46. The van der Waals surface area contributed by atoms with Gasteiger partial charge < -0.3 is 20.3 Å². The number of ether oxygens (including phenoxy) is 1. The maximum atomic E-state index is 5.46. The van der Waals surface area contributed by atoms with Crippen LogP contribution in [0.3, 0.4) is 0 Å². The molecule has 168 valence electrons. The van der Waals surface area contributed by atoms with Crippen LogP contribution in [0.25, 0.3) is 0 Å². The van der Waals surface area contributed by atoms with Crippen molar-refractivity contribution < 1.29 is 4.74 Å². The number of rotatable bonds is 9. The van der Waals surface area contributed by atoms with Crippen molar-refractivity contribution in [1.29, 1.82) is 0 Å². The van der Waals surface area contributed by atoms with E-state index in [1.54, 1.807) is 7.11 Å². The second-order valence-corrected chi connectivity index (χ2v) is 8.58. The minimum atomic E-state index is 0.333. The van der Waals surface area contributed by atoms with Crippen molar-refractivity contribution >= 4 is 5.96 Å². The molecule has 0 amide bonds. The van der Waals surface area contributed by atoms with Crippen molar-refractivity contribution in [3.05, 3.63) is 29.8 Å². The molecule has 6 nitrogen and oxygen atoms in total. The Labute approximate surface area is 183 Å². The van der Waals surface area contributed by atoms with Gasteiger partial charge in [-0.1, -0.05) is 19.1 Å². The van der Waals surface area contributed by atoms with Crippen molar-refractivity contribution in [3.63, 3.8) is 0 Å². The summed E-state index contributed by atoms with van der Waals surface area (Å²) < 4.78 is 5.46. The van der Waals surface area contributed by atoms with Crippen LogP contribution in [0.1, 0.15) is 50.6 Å². The van der Waals surface area contributed by atoms with E-state index in [0.717, 1.165) is 43.8 Å². The fourth-order valence-electron chi connectivity index (χ4n) is 4.76. The lowest BCUT2D eigenvalue weighted by Crippen LogP contribution is -2.43. The van der Waals surface area contributed by atoms with Crippen LogP contribution in [0.15, 0.2) is 29.3 Å². The summed E-state index contributed by atoms with van der Waals surface area (Å²) in [6, 6.07) is 8.83. The summed E-state index contributed by atoms with van der Waals surface area (Å²) in [4.78, 5) is 9.60. The van der Waals surface area contributed by atoms with Crippen molar-refractivity contribution in [1.82, 2.24) is 20.4 Å². The van der Waals surface area contributed by atoms with Gasteiger partial charge in [0.15, 0.2) is 5.96 Å². The molecule has 3 rings (SSSR count). The monoisotopic (exact) mass is 415 g/mol. The van der Waals surface area contributed by atoms with E-state index in [9.17, 15) is 0 Å². The molecule has 1 aromatic carbocycles. The van der Waals surface area contributed by atoms with Gasteiger partial charge >= 0.3 is 0 Å². The molecule has 2 fully saturated rings. The summed E-state index contributed by atoms with van der Waals surface area (Å²) in [5.74, 6) is 2.67. The molecule has 0 radical (unpaired) electrons. The Bertz CT molecular complexity index is 651. The summed E-state index contributed by atoms with van der Waals surface area (Å²) in [5, 5.41) is 7.13. The van der Waals surface area contributed by atoms with E-state index in [-0.39, 0.29) is 0 Å². The second kappa shape index (κ2) is 12.2. The lowest BCUT2D eigenvalue weighted by Gasteiger charge is -2.31. The number of aliphatic imine (C=N–C) groups is 1. The number of hydrogen-bond donors (Lipinski definition) is 2. The van der Waals surface area contributed by atoms with E-state index < -0.39 is 0 Å².